The largest absolute Gasteiger partial charge is 0.356 e. The maximum atomic E-state index is 11.7. The minimum atomic E-state index is 0.00796. The first-order chi connectivity index (χ1) is 10.7. The van der Waals surface area contributed by atoms with Gasteiger partial charge in [0.25, 0.3) is 0 Å². The van der Waals surface area contributed by atoms with E-state index in [1.54, 1.807) is 6.07 Å². The van der Waals surface area contributed by atoms with Crippen molar-refractivity contribution >= 4 is 17.5 Å². The van der Waals surface area contributed by atoms with Crippen molar-refractivity contribution in [2.45, 2.75) is 39.0 Å². The van der Waals surface area contributed by atoms with E-state index in [0.29, 0.717) is 29.6 Å². The second-order valence-electron chi connectivity index (χ2n) is 5.05. The SMILES string of the molecule is CCCCCNC(=O)CCc1nc(-c2ccccc2Cl)no1. The van der Waals surface area contributed by atoms with Crippen LogP contribution in [0.4, 0.5) is 0 Å². The predicted molar refractivity (Wildman–Crippen MR) is 85.6 cm³/mol. The fourth-order valence-corrected chi connectivity index (χ4v) is 2.24. The van der Waals surface area contributed by atoms with Crippen LogP contribution in [0.25, 0.3) is 11.4 Å². The Hall–Kier alpha value is -1.88. The van der Waals surface area contributed by atoms with Gasteiger partial charge in [0.05, 0.1) is 5.02 Å². The number of benzene rings is 1. The molecule has 0 aliphatic rings. The highest BCUT2D eigenvalue weighted by Gasteiger charge is 2.12. The van der Waals surface area contributed by atoms with Crippen LogP contribution in [0.5, 0.6) is 0 Å². The minimum Gasteiger partial charge on any atom is -0.356 e. The zero-order valence-corrected chi connectivity index (χ0v) is 13.4. The fraction of sp³-hybridized carbons (Fsp3) is 0.438. The molecule has 6 heteroatoms. The lowest BCUT2D eigenvalue weighted by Gasteiger charge is -2.02. The summed E-state index contributed by atoms with van der Waals surface area (Å²) in [6, 6.07) is 7.31. The summed E-state index contributed by atoms with van der Waals surface area (Å²) in [5, 5.41) is 7.37. The van der Waals surface area contributed by atoms with Gasteiger partial charge in [-0.2, -0.15) is 4.98 Å². The molecule has 118 valence electrons. The molecule has 0 radical (unpaired) electrons. The average molecular weight is 322 g/mol. The minimum absolute atomic E-state index is 0.00796. The van der Waals surface area contributed by atoms with Crippen LogP contribution < -0.4 is 5.32 Å². The topological polar surface area (TPSA) is 68.0 Å². The molecule has 0 saturated carbocycles. The number of carbonyl (C=O) groups is 1. The van der Waals surface area contributed by atoms with Crippen LogP contribution in [-0.2, 0) is 11.2 Å². The van der Waals surface area contributed by atoms with E-state index < -0.39 is 0 Å². The Bertz CT molecular complexity index is 613. The molecule has 0 spiro atoms. The third-order valence-corrected chi connectivity index (χ3v) is 3.58. The molecule has 5 nitrogen and oxygen atoms in total. The lowest BCUT2D eigenvalue weighted by Crippen LogP contribution is -2.24. The molecule has 22 heavy (non-hydrogen) atoms. The predicted octanol–water partition coefficient (Wildman–Crippen LogP) is 3.63. The lowest BCUT2D eigenvalue weighted by atomic mass is 10.2. The second kappa shape index (κ2) is 8.54. The van der Waals surface area contributed by atoms with E-state index in [-0.39, 0.29) is 5.91 Å². The molecule has 0 bridgehead atoms. The molecule has 2 aromatic rings. The number of amides is 1. The Morgan fingerprint density at radius 3 is 2.91 bits per heavy atom. The molecule has 1 N–H and O–H groups in total. The van der Waals surface area contributed by atoms with Crippen LogP contribution in [0.2, 0.25) is 5.02 Å². The molecule has 0 saturated heterocycles. The normalized spacial score (nSPS) is 10.6. The van der Waals surface area contributed by atoms with Gasteiger partial charge in [-0.05, 0) is 18.6 Å². The van der Waals surface area contributed by atoms with Crippen LogP contribution >= 0.6 is 11.6 Å². The number of aryl methyl sites for hydroxylation is 1. The van der Waals surface area contributed by atoms with Crippen molar-refractivity contribution in [3.63, 3.8) is 0 Å². The zero-order valence-electron chi connectivity index (χ0n) is 12.6. The fourth-order valence-electron chi connectivity index (χ4n) is 2.02. The van der Waals surface area contributed by atoms with E-state index in [2.05, 4.69) is 22.4 Å². The van der Waals surface area contributed by atoms with Crippen molar-refractivity contribution in [2.24, 2.45) is 0 Å². The smallest absolute Gasteiger partial charge is 0.227 e. The quantitative estimate of drug-likeness (QED) is 0.754. The monoisotopic (exact) mass is 321 g/mol. The number of hydrogen-bond donors (Lipinski definition) is 1. The molecule has 1 heterocycles. The highest BCUT2D eigenvalue weighted by molar-refractivity contribution is 6.33. The number of nitrogens with zero attached hydrogens (tertiary/aromatic N) is 2. The van der Waals surface area contributed by atoms with Crippen LogP contribution in [0.3, 0.4) is 0 Å². The van der Waals surface area contributed by atoms with Gasteiger partial charge in [0.1, 0.15) is 0 Å². The standard InChI is InChI=1S/C16H20ClN3O2/c1-2-3-6-11-18-14(21)9-10-15-19-16(20-22-15)12-7-4-5-8-13(12)17/h4-5,7-8H,2-3,6,9-11H2,1H3,(H,18,21). The number of carbonyl (C=O) groups excluding carboxylic acids is 1. The first-order valence-corrected chi connectivity index (χ1v) is 7.92. The summed E-state index contributed by atoms with van der Waals surface area (Å²) in [5.74, 6) is 0.899. The summed E-state index contributed by atoms with van der Waals surface area (Å²) in [6.45, 7) is 2.86. The summed E-state index contributed by atoms with van der Waals surface area (Å²) < 4.78 is 5.17. The molecule has 0 aliphatic carbocycles. The molecule has 2 rings (SSSR count). The number of halogens is 1. The number of unbranched alkanes of at least 4 members (excludes halogenated alkanes) is 2. The molecule has 0 aliphatic heterocycles. The highest BCUT2D eigenvalue weighted by Crippen LogP contribution is 2.24. The van der Waals surface area contributed by atoms with Crippen LogP contribution in [0, 0.1) is 0 Å². The molecule has 0 fully saturated rings. The Labute approximate surface area is 135 Å². The maximum Gasteiger partial charge on any atom is 0.227 e. The third kappa shape index (κ3) is 4.84. The van der Waals surface area contributed by atoms with Crippen molar-refractivity contribution in [3.05, 3.63) is 35.2 Å². The number of rotatable bonds is 8. The highest BCUT2D eigenvalue weighted by atomic mass is 35.5. The molecule has 0 atom stereocenters. The van der Waals surface area contributed by atoms with Crippen LogP contribution in [0.15, 0.2) is 28.8 Å². The van der Waals surface area contributed by atoms with Gasteiger partial charge in [0, 0.05) is 24.9 Å². The lowest BCUT2D eigenvalue weighted by molar-refractivity contribution is -0.121. The molecular formula is C16H20ClN3O2. The molecular weight excluding hydrogens is 302 g/mol. The Kier molecular flexibility index (Phi) is 6.40. The van der Waals surface area contributed by atoms with Gasteiger partial charge < -0.3 is 9.84 Å². The van der Waals surface area contributed by atoms with Gasteiger partial charge in [0.2, 0.25) is 17.6 Å². The Balaban J connectivity index is 1.83. The van der Waals surface area contributed by atoms with E-state index in [4.69, 9.17) is 16.1 Å². The first kappa shape index (κ1) is 16.5. The van der Waals surface area contributed by atoms with Gasteiger partial charge >= 0.3 is 0 Å². The summed E-state index contributed by atoms with van der Waals surface area (Å²) in [4.78, 5) is 16.0. The third-order valence-electron chi connectivity index (χ3n) is 3.25. The zero-order chi connectivity index (χ0) is 15.8. The second-order valence-corrected chi connectivity index (χ2v) is 5.46. The number of hydrogen-bond acceptors (Lipinski definition) is 4. The Morgan fingerprint density at radius 2 is 2.14 bits per heavy atom. The van der Waals surface area contributed by atoms with E-state index in [1.807, 2.05) is 18.2 Å². The van der Waals surface area contributed by atoms with Gasteiger partial charge in [0.15, 0.2) is 0 Å². The summed E-state index contributed by atoms with van der Waals surface area (Å²) in [7, 11) is 0. The van der Waals surface area contributed by atoms with Crippen LogP contribution in [0.1, 0.15) is 38.5 Å². The van der Waals surface area contributed by atoms with E-state index >= 15 is 0 Å². The van der Waals surface area contributed by atoms with Gasteiger partial charge in [-0.25, -0.2) is 0 Å². The summed E-state index contributed by atoms with van der Waals surface area (Å²) in [5.41, 5.74) is 0.725. The molecule has 1 aromatic carbocycles. The van der Waals surface area contributed by atoms with Crippen molar-refractivity contribution in [1.82, 2.24) is 15.5 Å². The Morgan fingerprint density at radius 1 is 1.32 bits per heavy atom. The van der Waals surface area contributed by atoms with Gasteiger partial charge in [-0.1, -0.05) is 48.7 Å². The first-order valence-electron chi connectivity index (χ1n) is 7.55. The van der Waals surface area contributed by atoms with E-state index in [9.17, 15) is 4.79 Å². The van der Waals surface area contributed by atoms with Crippen molar-refractivity contribution in [3.8, 4) is 11.4 Å². The average Bonchev–Trinajstić information content (AvgIpc) is 2.99. The van der Waals surface area contributed by atoms with E-state index in [0.717, 1.165) is 31.4 Å². The van der Waals surface area contributed by atoms with Crippen LogP contribution in [-0.4, -0.2) is 22.6 Å². The van der Waals surface area contributed by atoms with Crippen molar-refractivity contribution in [2.75, 3.05) is 6.54 Å². The maximum absolute atomic E-state index is 11.7. The van der Waals surface area contributed by atoms with Crippen molar-refractivity contribution < 1.29 is 9.32 Å². The molecule has 0 unspecified atom stereocenters. The van der Waals surface area contributed by atoms with Crippen molar-refractivity contribution in [1.29, 1.82) is 0 Å². The molecule has 1 aromatic heterocycles. The molecule has 1 amide bonds. The van der Waals surface area contributed by atoms with Gasteiger partial charge in [-0.15, -0.1) is 0 Å². The number of aromatic nitrogens is 2. The van der Waals surface area contributed by atoms with Gasteiger partial charge in [-0.3, -0.25) is 4.79 Å². The number of nitrogens with one attached hydrogen (secondary N) is 1. The summed E-state index contributed by atoms with van der Waals surface area (Å²) >= 11 is 6.09. The summed E-state index contributed by atoms with van der Waals surface area (Å²) in [6.07, 6.45) is 4.06. The van der Waals surface area contributed by atoms with E-state index in [1.165, 1.54) is 0 Å².